The second kappa shape index (κ2) is 8.72. The van der Waals surface area contributed by atoms with Gasteiger partial charge in [0, 0.05) is 25.8 Å². The van der Waals surface area contributed by atoms with Crippen LogP contribution in [-0.2, 0) is 6.42 Å². The van der Waals surface area contributed by atoms with Crippen LogP contribution in [-0.4, -0.2) is 35.4 Å². The summed E-state index contributed by atoms with van der Waals surface area (Å²) < 4.78 is 0. The summed E-state index contributed by atoms with van der Waals surface area (Å²) in [5.41, 5.74) is 7.29. The highest BCUT2D eigenvalue weighted by atomic mass is 35.5. The number of benzene rings is 1. The molecule has 0 aliphatic heterocycles. The van der Waals surface area contributed by atoms with Crippen molar-refractivity contribution in [3.63, 3.8) is 0 Å². The van der Waals surface area contributed by atoms with E-state index in [2.05, 4.69) is 17.1 Å². The molecule has 0 aliphatic rings. The SMILES string of the molecule is Cl.NCCN(CCc1ccccc1)C(=O)c1cc(Cl)c[nH]1. The monoisotopic (exact) mass is 327 g/mol. The highest BCUT2D eigenvalue weighted by Crippen LogP contribution is 2.12. The average molecular weight is 328 g/mol. The summed E-state index contributed by atoms with van der Waals surface area (Å²) in [6.07, 6.45) is 2.41. The molecule has 21 heavy (non-hydrogen) atoms. The van der Waals surface area contributed by atoms with Gasteiger partial charge >= 0.3 is 0 Å². The molecule has 4 nitrogen and oxygen atoms in total. The average Bonchev–Trinajstić information content (AvgIpc) is 2.90. The lowest BCUT2D eigenvalue weighted by Gasteiger charge is -2.21. The van der Waals surface area contributed by atoms with E-state index in [0.717, 1.165) is 6.42 Å². The van der Waals surface area contributed by atoms with Crippen molar-refractivity contribution in [2.75, 3.05) is 19.6 Å². The van der Waals surface area contributed by atoms with Gasteiger partial charge in [0.2, 0.25) is 0 Å². The number of carbonyl (C=O) groups is 1. The lowest BCUT2D eigenvalue weighted by atomic mass is 10.1. The van der Waals surface area contributed by atoms with Crippen LogP contribution in [0.1, 0.15) is 16.1 Å². The van der Waals surface area contributed by atoms with Gasteiger partial charge < -0.3 is 15.6 Å². The zero-order valence-electron chi connectivity index (χ0n) is 11.6. The molecule has 2 aromatic rings. The number of hydrogen-bond acceptors (Lipinski definition) is 2. The van der Waals surface area contributed by atoms with Crippen molar-refractivity contribution in [1.82, 2.24) is 9.88 Å². The van der Waals surface area contributed by atoms with Crippen LogP contribution < -0.4 is 5.73 Å². The summed E-state index contributed by atoms with van der Waals surface area (Å²) in [6.45, 7) is 1.61. The molecular weight excluding hydrogens is 309 g/mol. The van der Waals surface area contributed by atoms with E-state index in [4.69, 9.17) is 17.3 Å². The zero-order chi connectivity index (χ0) is 14.4. The number of halogens is 2. The van der Waals surface area contributed by atoms with Crippen LogP contribution >= 0.6 is 24.0 Å². The lowest BCUT2D eigenvalue weighted by Crippen LogP contribution is -2.37. The molecular formula is C15H19Cl2N3O. The molecule has 6 heteroatoms. The smallest absolute Gasteiger partial charge is 0.270 e. The Morgan fingerprint density at radius 2 is 1.95 bits per heavy atom. The maximum absolute atomic E-state index is 12.3. The lowest BCUT2D eigenvalue weighted by molar-refractivity contribution is 0.0757. The standard InChI is InChI=1S/C15H18ClN3O.ClH/c16-13-10-14(18-11-13)15(20)19(9-7-17)8-6-12-4-2-1-3-5-12;/h1-5,10-11,18H,6-9,17H2;1H. The molecule has 2 rings (SSSR count). The molecule has 0 fully saturated rings. The van der Waals surface area contributed by atoms with Crippen LogP contribution in [0.3, 0.4) is 0 Å². The van der Waals surface area contributed by atoms with E-state index in [0.29, 0.717) is 30.4 Å². The molecule has 1 aromatic heterocycles. The number of carbonyl (C=O) groups excluding carboxylic acids is 1. The maximum Gasteiger partial charge on any atom is 0.270 e. The summed E-state index contributed by atoms with van der Waals surface area (Å²) in [4.78, 5) is 17.0. The molecule has 0 radical (unpaired) electrons. The predicted octanol–water partition coefficient (Wildman–Crippen LogP) is 2.73. The quantitative estimate of drug-likeness (QED) is 0.856. The van der Waals surface area contributed by atoms with Gasteiger partial charge in [-0.15, -0.1) is 12.4 Å². The number of nitrogens with zero attached hydrogens (tertiary/aromatic N) is 1. The molecule has 1 aromatic carbocycles. The van der Waals surface area contributed by atoms with Gasteiger partial charge in [0.25, 0.3) is 5.91 Å². The van der Waals surface area contributed by atoms with Crippen LogP contribution in [0.15, 0.2) is 42.6 Å². The van der Waals surface area contributed by atoms with Crippen LogP contribution in [0.25, 0.3) is 0 Å². The van der Waals surface area contributed by atoms with Gasteiger partial charge in [-0.25, -0.2) is 0 Å². The van der Waals surface area contributed by atoms with Crippen LogP contribution in [0.5, 0.6) is 0 Å². The zero-order valence-corrected chi connectivity index (χ0v) is 13.2. The predicted molar refractivity (Wildman–Crippen MR) is 88.2 cm³/mol. The topological polar surface area (TPSA) is 62.1 Å². The van der Waals surface area contributed by atoms with E-state index < -0.39 is 0 Å². The fourth-order valence-electron chi connectivity index (χ4n) is 2.04. The Morgan fingerprint density at radius 3 is 2.52 bits per heavy atom. The summed E-state index contributed by atoms with van der Waals surface area (Å²) in [5, 5.41) is 0.532. The molecule has 0 bridgehead atoms. The molecule has 0 unspecified atom stereocenters. The Kier molecular flexibility index (Phi) is 7.29. The van der Waals surface area contributed by atoms with Crippen LogP contribution in [0.2, 0.25) is 5.02 Å². The number of aromatic amines is 1. The van der Waals surface area contributed by atoms with Gasteiger partial charge in [-0.2, -0.15) is 0 Å². The van der Waals surface area contributed by atoms with Gasteiger partial charge in [-0.1, -0.05) is 41.9 Å². The second-order valence-electron chi connectivity index (χ2n) is 4.55. The summed E-state index contributed by atoms with van der Waals surface area (Å²) >= 11 is 5.83. The molecule has 1 amide bonds. The number of aromatic nitrogens is 1. The normalized spacial score (nSPS) is 10.0. The molecule has 3 N–H and O–H groups in total. The highest BCUT2D eigenvalue weighted by Gasteiger charge is 2.16. The summed E-state index contributed by atoms with van der Waals surface area (Å²) in [5.74, 6) is -0.0710. The van der Waals surface area contributed by atoms with Gasteiger partial charge in [-0.3, -0.25) is 4.79 Å². The van der Waals surface area contributed by atoms with Gasteiger partial charge in [-0.05, 0) is 18.1 Å². The van der Waals surface area contributed by atoms with Crippen LogP contribution in [0, 0.1) is 0 Å². The minimum Gasteiger partial charge on any atom is -0.356 e. The Bertz CT molecular complexity index is 557. The fraction of sp³-hybridized carbons (Fsp3) is 0.267. The van der Waals surface area contributed by atoms with E-state index in [1.165, 1.54) is 5.56 Å². The van der Waals surface area contributed by atoms with E-state index in [1.807, 2.05) is 18.2 Å². The fourth-order valence-corrected chi connectivity index (χ4v) is 2.20. The third-order valence-corrected chi connectivity index (χ3v) is 3.30. The van der Waals surface area contributed by atoms with Crippen molar-refractivity contribution in [2.24, 2.45) is 5.73 Å². The molecule has 0 saturated carbocycles. The van der Waals surface area contributed by atoms with Crippen molar-refractivity contribution in [3.8, 4) is 0 Å². The minimum atomic E-state index is -0.0710. The molecule has 0 atom stereocenters. The minimum absolute atomic E-state index is 0. The number of hydrogen-bond donors (Lipinski definition) is 2. The second-order valence-corrected chi connectivity index (χ2v) is 4.98. The molecule has 1 heterocycles. The van der Waals surface area contributed by atoms with Crippen molar-refractivity contribution in [2.45, 2.75) is 6.42 Å². The molecule has 114 valence electrons. The first kappa shape index (κ1) is 17.6. The molecule has 0 aliphatic carbocycles. The number of rotatable bonds is 6. The third kappa shape index (κ3) is 5.08. The van der Waals surface area contributed by atoms with Crippen molar-refractivity contribution in [1.29, 1.82) is 0 Å². The van der Waals surface area contributed by atoms with E-state index in [-0.39, 0.29) is 18.3 Å². The number of nitrogens with one attached hydrogen (secondary N) is 1. The number of amides is 1. The van der Waals surface area contributed by atoms with Gasteiger partial charge in [0.1, 0.15) is 5.69 Å². The summed E-state index contributed by atoms with van der Waals surface area (Å²) in [7, 11) is 0. The maximum atomic E-state index is 12.3. The Morgan fingerprint density at radius 1 is 1.24 bits per heavy atom. The Balaban J connectivity index is 0.00000220. The van der Waals surface area contributed by atoms with E-state index in [9.17, 15) is 4.79 Å². The Hall–Kier alpha value is -1.49. The first-order valence-corrected chi connectivity index (χ1v) is 6.95. The summed E-state index contributed by atoms with van der Waals surface area (Å²) in [6, 6.07) is 11.7. The third-order valence-electron chi connectivity index (χ3n) is 3.08. The van der Waals surface area contributed by atoms with Crippen molar-refractivity contribution in [3.05, 3.63) is 58.9 Å². The first-order valence-electron chi connectivity index (χ1n) is 6.58. The molecule has 0 spiro atoms. The molecule has 0 saturated heterocycles. The largest absolute Gasteiger partial charge is 0.356 e. The van der Waals surface area contributed by atoms with E-state index >= 15 is 0 Å². The highest BCUT2D eigenvalue weighted by molar-refractivity contribution is 6.30. The van der Waals surface area contributed by atoms with Crippen molar-refractivity contribution < 1.29 is 4.79 Å². The van der Waals surface area contributed by atoms with Gasteiger partial charge in [0.15, 0.2) is 0 Å². The number of nitrogens with two attached hydrogens (primary N) is 1. The van der Waals surface area contributed by atoms with E-state index in [1.54, 1.807) is 17.2 Å². The van der Waals surface area contributed by atoms with Crippen LogP contribution in [0.4, 0.5) is 0 Å². The Labute approximate surface area is 135 Å². The van der Waals surface area contributed by atoms with Crippen molar-refractivity contribution >= 4 is 29.9 Å². The first-order chi connectivity index (χ1) is 9.70. The number of H-pyrrole nitrogens is 1. The van der Waals surface area contributed by atoms with Gasteiger partial charge in [0.05, 0.1) is 5.02 Å².